The number of hydrogen-bond donors (Lipinski definition) is 1. The molecule has 0 saturated carbocycles. The minimum Gasteiger partial charge on any atom is -0.411 e. The molecular formula is C16H15NO2. The molecule has 0 amide bonds. The molecule has 1 unspecified atom stereocenters. The Morgan fingerprint density at radius 1 is 1.21 bits per heavy atom. The van der Waals surface area contributed by atoms with Crippen molar-refractivity contribution in [2.45, 2.75) is 19.6 Å². The average Bonchev–Trinajstić information content (AvgIpc) is 2.83. The van der Waals surface area contributed by atoms with Gasteiger partial charge in [-0.05, 0) is 35.2 Å². The molecule has 0 aliphatic carbocycles. The summed E-state index contributed by atoms with van der Waals surface area (Å²) in [5.41, 5.74) is 5.65. The van der Waals surface area contributed by atoms with Gasteiger partial charge < -0.3 is 9.94 Å². The third-order valence-electron chi connectivity index (χ3n) is 3.44. The van der Waals surface area contributed by atoms with Gasteiger partial charge in [-0.25, -0.2) is 0 Å². The number of oxime groups is 1. The smallest absolute Gasteiger partial charge is 0.108 e. The monoisotopic (exact) mass is 253 g/mol. The van der Waals surface area contributed by atoms with Crippen LogP contribution in [0, 0.1) is 6.92 Å². The van der Waals surface area contributed by atoms with Crippen molar-refractivity contribution in [1.29, 1.82) is 0 Å². The summed E-state index contributed by atoms with van der Waals surface area (Å²) < 4.78 is 5.88. The summed E-state index contributed by atoms with van der Waals surface area (Å²) in [7, 11) is 0. The first-order valence-corrected chi connectivity index (χ1v) is 6.26. The zero-order valence-corrected chi connectivity index (χ0v) is 10.7. The highest BCUT2D eigenvalue weighted by Gasteiger charge is 2.24. The van der Waals surface area contributed by atoms with E-state index in [4.69, 9.17) is 9.94 Å². The normalized spacial score (nSPS) is 17.8. The molecule has 0 fully saturated rings. The third kappa shape index (κ3) is 2.25. The van der Waals surface area contributed by atoms with Crippen molar-refractivity contribution in [3.05, 3.63) is 70.3 Å². The molecule has 0 radical (unpaired) electrons. The summed E-state index contributed by atoms with van der Waals surface area (Å²) in [4.78, 5) is 0. The maximum atomic E-state index is 8.56. The number of aryl methyl sites for hydroxylation is 1. The maximum absolute atomic E-state index is 8.56. The summed E-state index contributed by atoms with van der Waals surface area (Å²) in [5, 5.41) is 11.6. The van der Waals surface area contributed by atoms with Crippen LogP contribution in [-0.4, -0.2) is 11.4 Å². The Kier molecular flexibility index (Phi) is 3.05. The van der Waals surface area contributed by atoms with Gasteiger partial charge in [0, 0.05) is 0 Å². The highest BCUT2D eigenvalue weighted by Crippen LogP contribution is 2.36. The van der Waals surface area contributed by atoms with Gasteiger partial charge in [-0.15, -0.1) is 0 Å². The van der Waals surface area contributed by atoms with E-state index in [0.717, 1.165) is 11.1 Å². The summed E-state index contributed by atoms with van der Waals surface area (Å²) in [6.07, 6.45) is 1.44. The fourth-order valence-electron chi connectivity index (χ4n) is 2.43. The highest BCUT2D eigenvalue weighted by atomic mass is 16.5. The molecule has 0 aromatic heterocycles. The predicted octanol–water partition coefficient (Wildman–Crippen LogP) is 3.42. The van der Waals surface area contributed by atoms with Crippen molar-refractivity contribution in [2.75, 3.05) is 0 Å². The molecule has 3 heteroatoms. The first-order chi connectivity index (χ1) is 9.28. The number of benzene rings is 2. The number of hydrogen-bond acceptors (Lipinski definition) is 3. The van der Waals surface area contributed by atoms with Crippen LogP contribution in [0.25, 0.3) is 0 Å². The Labute approximate surface area is 112 Å². The van der Waals surface area contributed by atoms with Gasteiger partial charge in [0.05, 0.1) is 12.8 Å². The van der Waals surface area contributed by atoms with E-state index >= 15 is 0 Å². The molecule has 0 bridgehead atoms. The molecule has 3 rings (SSSR count). The van der Waals surface area contributed by atoms with Gasteiger partial charge in [0.25, 0.3) is 0 Å². The van der Waals surface area contributed by atoms with E-state index in [1.54, 1.807) is 0 Å². The Bertz CT molecular complexity index is 617. The first-order valence-electron chi connectivity index (χ1n) is 6.26. The van der Waals surface area contributed by atoms with Gasteiger partial charge in [-0.1, -0.05) is 47.1 Å². The second-order valence-corrected chi connectivity index (χ2v) is 4.80. The van der Waals surface area contributed by atoms with Crippen LogP contribution in [0.5, 0.6) is 0 Å². The van der Waals surface area contributed by atoms with Crippen LogP contribution in [-0.2, 0) is 11.3 Å². The van der Waals surface area contributed by atoms with Crippen LogP contribution in [0.4, 0.5) is 0 Å². The quantitative estimate of drug-likeness (QED) is 0.506. The third-order valence-corrected chi connectivity index (χ3v) is 3.44. The van der Waals surface area contributed by atoms with Crippen LogP contribution in [0.2, 0.25) is 0 Å². The number of ether oxygens (including phenoxy) is 1. The molecule has 96 valence electrons. The molecule has 1 atom stereocenters. The van der Waals surface area contributed by atoms with Gasteiger partial charge >= 0.3 is 0 Å². The molecule has 1 heterocycles. The fourth-order valence-corrected chi connectivity index (χ4v) is 2.43. The molecule has 19 heavy (non-hydrogen) atoms. The molecule has 3 nitrogen and oxygen atoms in total. The number of nitrogens with zero attached hydrogens (tertiary/aromatic N) is 1. The molecule has 1 aliphatic rings. The Morgan fingerprint density at radius 2 is 2.00 bits per heavy atom. The van der Waals surface area contributed by atoms with E-state index in [1.165, 1.54) is 22.9 Å². The second kappa shape index (κ2) is 4.86. The maximum Gasteiger partial charge on any atom is 0.108 e. The Hall–Kier alpha value is -2.13. The van der Waals surface area contributed by atoms with Crippen LogP contribution < -0.4 is 0 Å². The molecule has 0 spiro atoms. The lowest BCUT2D eigenvalue weighted by atomic mass is 9.97. The zero-order valence-electron chi connectivity index (χ0n) is 10.7. The van der Waals surface area contributed by atoms with Crippen LogP contribution in [0.15, 0.2) is 47.6 Å². The average molecular weight is 253 g/mol. The van der Waals surface area contributed by atoms with Crippen molar-refractivity contribution in [2.24, 2.45) is 5.16 Å². The molecule has 2 aromatic carbocycles. The summed E-state index contributed by atoms with van der Waals surface area (Å²) >= 11 is 0. The van der Waals surface area contributed by atoms with E-state index in [1.807, 2.05) is 18.2 Å². The minimum absolute atomic E-state index is 0.00992. The minimum atomic E-state index is 0.00992. The standard InChI is InChI=1S/C16H15NO2/c1-11-2-5-13(6-3-11)16-15-7-4-12(9-17-18)8-14(15)10-19-16/h2-9,16,18H,10H2,1H3/b17-9+. The van der Waals surface area contributed by atoms with Crippen LogP contribution >= 0.6 is 0 Å². The molecule has 0 saturated heterocycles. The van der Waals surface area contributed by atoms with Crippen molar-refractivity contribution >= 4 is 6.21 Å². The van der Waals surface area contributed by atoms with Gasteiger partial charge in [-0.2, -0.15) is 0 Å². The van der Waals surface area contributed by atoms with E-state index in [2.05, 4.69) is 36.3 Å². The van der Waals surface area contributed by atoms with Crippen LogP contribution in [0.3, 0.4) is 0 Å². The van der Waals surface area contributed by atoms with E-state index in [-0.39, 0.29) is 6.10 Å². The Morgan fingerprint density at radius 3 is 2.74 bits per heavy atom. The largest absolute Gasteiger partial charge is 0.411 e. The molecule has 1 N–H and O–H groups in total. The zero-order chi connectivity index (χ0) is 13.2. The van der Waals surface area contributed by atoms with E-state index < -0.39 is 0 Å². The molecular weight excluding hydrogens is 238 g/mol. The van der Waals surface area contributed by atoms with Gasteiger partial charge in [0.2, 0.25) is 0 Å². The second-order valence-electron chi connectivity index (χ2n) is 4.80. The van der Waals surface area contributed by atoms with Gasteiger partial charge in [0.1, 0.15) is 6.10 Å². The topological polar surface area (TPSA) is 41.8 Å². The van der Waals surface area contributed by atoms with E-state index in [9.17, 15) is 0 Å². The first kappa shape index (κ1) is 11.9. The predicted molar refractivity (Wildman–Crippen MR) is 73.6 cm³/mol. The van der Waals surface area contributed by atoms with E-state index in [0.29, 0.717) is 6.61 Å². The van der Waals surface area contributed by atoms with Crippen molar-refractivity contribution in [3.8, 4) is 0 Å². The molecule has 1 aliphatic heterocycles. The van der Waals surface area contributed by atoms with Gasteiger partial charge in [-0.3, -0.25) is 0 Å². The highest BCUT2D eigenvalue weighted by molar-refractivity contribution is 5.79. The molecule has 2 aromatic rings. The Balaban J connectivity index is 1.96. The fraction of sp³-hybridized carbons (Fsp3) is 0.188. The lowest BCUT2D eigenvalue weighted by Crippen LogP contribution is -1.98. The number of rotatable bonds is 2. The summed E-state index contributed by atoms with van der Waals surface area (Å²) in [5.74, 6) is 0. The SMILES string of the molecule is Cc1ccc(C2OCc3cc(/C=N/O)ccc32)cc1. The summed E-state index contributed by atoms with van der Waals surface area (Å²) in [6, 6.07) is 14.4. The van der Waals surface area contributed by atoms with Gasteiger partial charge in [0.15, 0.2) is 0 Å². The van der Waals surface area contributed by atoms with Crippen molar-refractivity contribution < 1.29 is 9.94 Å². The van der Waals surface area contributed by atoms with Crippen LogP contribution in [0.1, 0.15) is 33.9 Å². The lowest BCUT2D eigenvalue weighted by molar-refractivity contribution is 0.0939. The number of fused-ring (bicyclic) bond motifs is 1. The van der Waals surface area contributed by atoms with Crippen molar-refractivity contribution in [1.82, 2.24) is 0 Å². The summed E-state index contributed by atoms with van der Waals surface area (Å²) in [6.45, 7) is 2.68. The lowest BCUT2D eigenvalue weighted by Gasteiger charge is -2.12. The van der Waals surface area contributed by atoms with Crippen molar-refractivity contribution in [3.63, 3.8) is 0 Å².